The summed E-state index contributed by atoms with van der Waals surface area (Å²) in [6.45, 7) is 0. The van der Waals surface area contributed by atoms with Crippen LogP contribution in [0.5, 0.6) is 0 Å². The maximum absolute atomic E-state index is 4.04. The highest BCUT2D eigenvalue weighted by atomic mass is 15.4. The Morgan fingerprint density at radius 1 is 1.70 bits per heavy atom. The zero-order valence-corrected chi connectivity index (χ0v) is 6.20. The van der Waals surface area contributed by atoms with Crippen molar-refractivity contribution < 1.29 is 0 Å². The van der Waals surface area contributed by atoms with Gasteiger partial charge in [-0.2, -0.15) is 5.10 Å². The van der Waals surface area contributed by atoms with Gasteiger partial charge in [-0.1, -0.05) is 0 Å². The van der Waals surface area contributed by atoms with Crippen molar-refractivity contribution in [3.63, 3.8) is 0 Å². The van der Waals surface area contributed by atoms with Gasteiger partial charge in [-0.25, -0.2) is 0 Å². The van der Waals surface area contributed by atoms with Crippen molar-refractivity contribution in [2.24, 2.45) is 5.10 Å². The summed E-state index contributed by atoms with van der Waals surface area (Å²) in [6.07, 6.45) is 7.55. The first kappa shape index (κ1) is 6.86. The fourth-order valence-corrected chi connectivity index (χ4v) is 0.744. The predicted octanol–water partition coefficient (Wildman–Crippen LogP) is 0.535. The maximum Gasteiger partial charge on any atom is 0.0747 e. The number of hydrazone groups is 1. The van der Waals surface area contributed by atoms with Crippen molar-refractivity contribution in [3.8, 4) is 0 Å². The zero-order valence-electron chi connectivity index (χ0n) is 6.20. The fourth-order valence-electron chi connectivity index (χ4n) is 0.744. The average molecular weight is 137 g/mol. The van der Waals surface area contributed by atoms with E-state index in [9.17, 15) is 0 Å². The summed E-state index contributed by atoms with van der Waals surface area (Å²) >= 11 is 0. The molecular weight excluding hydrogens is 126 g/mol. The van der Waals surface area contributed by atoms with Crippen molar-refractivity contribution in [3.05, 3.63) is 24.0 Å². The van der Waals surface area contributed by atoms with E-state index in [1.165, 1.54) is 0 Å². The first-order valence-electron chi connectivity index (χ1n) is 3.16. The van der Waals surface area contributed by atoms with Crippen molar-refractivity contribution in [2.45, 2.75) is 0 Å². The number of allylic oxidation sites excluding steroid dienone is 2. The van der Waals surface area contributed by atoms with E-state index in [4.69, 9.17) is 0 Å². The number of nitrogens with zero attached hydrogens (tertiary/aromatic N) is 2. The monoisotopic (exact) mass is 137 g/mol. The smallest absolute Gasteiger partial charge is 0.0747 e. The van der Waals surface area contributed by atoms with Gasteiger partial charge in [-0.15, -0.1) is 0 Å². The SMILES string of the molecule is CN/C=C1/C=CC=NN1C. The van der Waals surface area contributed by atoms with Crippen molar-refractivity contribution in [2.75, 3.05) is 14.1 Å². The molecule has 0 aromatic heterocycles. The summed E-state index contributed by atoms with van der Waals surface area (Å²) in [5, 5.41) is 8.78. The average Bonchev–Trinajstić information content (AvgIpc) is 1.94. The van der Waals surface area contributed by atoms with E-state index in [1.54, 1.807) is 11.2 Å². The molecule has 1 aliphatic rings. The molecule has 0 saturated heterocycles. The predicted molar refractivity (Wildman–Crippen MR) is 42.5 cm³/mol. The summed E-state index contributed by atoms with van der Waals surface area (Å²) in [4.78, 5) is 0. The zero-order chi connectivity index (χ0) is 7.40. The van der Waals surface area contributed by atoms with Crippen molar-refractivity contribution in [1.29, 1.82) is 0 Å². The van der Waals surface area contributed by atoms with Crippen LogP contribution in [-0.4, -0.2) is 25.3 Å². The molecule has 0 aromatic carbocycles. The third-order valence-corrected chi connectivity index (χ3v) is 1.26. The lowest BCUT2D eigenvalue weighted by atomic mass is 10.4. The van der Waals surface area contributed by atoms with Crippen LogP contribution in [0.3, 0.4) is 0 Å². The first-order chi connectivity index (χ1) is 4.84. The lowest BCUT2D eigenvalue weighted by Crippen LogP contribution is -2.13. The second kappa shape index (κ2) is 3.06. The number of rotatable bonds is 1. The van der Waals surface area contributed by atoms with Crippen LogP contribution in [0, 0.1) is 0 Å². The highest BCUT2D eigenvalue weighted by Gasteiger charge is 1.98. The molecule has 1 N–H and O–H groups in total. The lowest BCUT2D eigenvalue weighted by Gasteiger charge is -2.15. The van der Waals surface area contributed by atoms with Crippen LogP contribution in [0.15, 0.2) is 29.2 Å². The number of hydrogen-bond acceptors (Lipinski definition) is 3. The number of hydrogen-bond donors (Lipinski definition) is 1. The van der Waals surface area contributed by atoms with Gasteiger partial charge in [0, 0.05) is 26.5 Å². The van der Waals surface area contributed by atoms with Gasteiger partial charge in [0.1, 0.15) is 0 Å². The van der Waals surface area contributed by atoms with Gasteiger partial charge in [0.05, 0.1) is 5.70 Å². The molecule has 10 heavy (non-hydrogen) atoms. The van der Waals surface area contributed by atoms with E-state index in [0.29, 0.717) is 0 Å². The largest absolute Gasteiger partial charge is 0.392 e. The molecule has 54 valence electrons. The summed E-state index contributed by atoms with van der Waals surface area (Å²) in [5.74, 6) is 0. The Kier molecular flexibility index (Phi) is 2.10. The lowest BCUT2D eigenvalue weighted by molar-refractivity contribution is 0.457. The Labute approximate surface area is 60.7 Å². The Morgan fingerprint density at radius 2 is 2.50 bits per heavy atom. The van der Waals surface area contributed by atoms with Crippen LogP contribution < -0.4 is 5.32 Å². The molecule has 3 nitrogen and oxygen atoms in total. The molecule has 0 bridgehead atoms. The van der Waals surface area contributed by atoms with Crippen molar-refractivity contribution in [1.82, 2.24) is 10.3 Å². The molecule has 1 aliphatic heterocycles. The topological polar surface area (TPSA) is 27.6 Å². The summed E-state index contributed by atoms with van der Waals surface area (Å²) in [7, 11) is 3.77. The van der Waals surface area contributed by atoms with E-state index in [1.807, 2.05) is 32.4 Å². The molecule has 0 saturated carbocycles. The summed E-state index contributed by atoms with van der Waals surface area (Å²) < 4.78 is 0. The highest BCUT2D eigenvalue weighted by molar-refractivity contribution is 5.72. The molecule has 0 atom stereocenters. The van der Waals surface area contributed by atoms with Gasteiger partial charge in [0.2, 0.25) is 0 Å². The van der Waals surface area contributed by atoms with Crippen LogP contribution in [0.1, 0.15) is 0 Å². The second-order valence-electron chi connectivity index (χ2n) is 2.01. The van der Waals surface area contributed by atoms with Gasteiger partial charge in [0.15, 0.2) is 0 Å². The van der Waals surface area contributed by atoms with Gasteiger partial charge in [0.25, 0.3) is 0 Å². The molecule has 3 heteroatoms. The van der Waals surface area contributed by atoms with Crippen LogP contribution in [0.4, 0.5) is 0 Å². The summed E-state index contributed by atoms with van der Waals surface area (Å²) in [5.41, 5.74) is 1.06. The Balaban J connectivity index is 2.70. The van der Waals surface area contributed by atoms with E-state index in [2.05, 4.69) is 10.4 Å². The van der Waals surface area contributed by atoms with Crippen molar-refractivity contribution >= 4 is 6.21 Å². The van der Waals surface area contributed by atoms with Crippen LogP contribution >= 0.6 is 0 Å². The van der Waals surface area contributed by atoms with Gasteiger partial charge in [-0.05, 0) is 12.2 Å². The van der Waals surface area contributed by atoms with Gasteiger partial charge >= 0.3 is 0 Å². The molecule has 1 heterocycles. The first-order valence-corrected chi connectivity index (χ1v) is 3.16. The molecule has 0 spiro atoms. The van der Waals surface area contributed by atoms with Crippen LogP contribution in [-0.2, 0) is 0 Å². The Bertz CT molecular complexity index is 191. The Hall–Kier alpha value is -1.25. The maximum atomic E-state index is 4.04. The van der Waals surface area contributed by atoms with E-state index < -0.39 is 0 Å². The van der Waals surface area contributed by atoms with Crippen LogP contribution in [0.25, 0.3) is 0 Å². The standard InChI is InChI=1S/C7H11N3/c1-8-6-7-4-3-5-9-10(7)2/h3-6,8H,1-2H3/b7-6-. The summed E-state index contributed by atoms with van der Waals surface area (Å²) in [6, 6.07) is 0. The number of likely N-dealkylation sites (N-methyl/N-ethyl adjacent to an activating group) is 1. The van der Waals surface area contributed by atoms with Gasteiger partial charge < -0.3 is 5.32 Å². The third kappa shape index (κ3) is 1.37. The molecule has 0 unspecified atom stereocenters. The molecule has 0 fully saturated rings. The quantitative estimate of drug-likeness (QED) is 0.571. The normalized spacial score (nSPS) is 20.2. The van der Waals surface area contributed by atoms with Crippen LogP contribution in [0.2, 0.25) is 0 Å². The van der Waals surface area contributed by atoms with E-state index >= 15 is 0 Å². The van der Waals surface area contributed by atoms with E-state index in [-0.39, 0.29) is 0 Å². The molecule has 0 aromatic rings. The molecule has 1 rings (SSSR count). The molecule has 0 aliphatic carbocycles. The molecule has 0 radical (unpaired) electrons. The van der Waals surface area contributed by atoms with E-state index in [0.717, 1.165) is 5.70 Å². The minimum Gasteiger partial charge on any atom is -0.392 e. The minimum atomic E-state index is 1.06. The Morgan fingerprint density at radius 3 is 3.10 bits per heavy atom. The fraction of sp³-hybridized carbons (Fsp3) is 0.286. The highest BCUT2D eigenvalue weighted by Crippen LogP contribution is 2.04. The molecule has 0 amide bonds. The number of nitrogens with one attached hydrogen (secondary N) is 1. The molecular formula is C7H11N3. The van der Waals surface area contributed by atoms with Gasteiger partial charge in [-0.3, -0.25) is 5.01 Å². The third-order valence-electron chi connectivity index (χ3n) is 1.26. The second-order valence-corrected chi connectivity index (χ2v) is 2.01. The minimum absolute atomic E-state index is 1.06.